The monoisotopic (exact) mass is 543 g/mol. The zero-order valence-electron chi connectivity index (χ0n) is 21.8. The molecule has 1 fully saturated rings. The van der Waals surface area contributed by atoms with Gasteiger partial charge in [-0.2, -0.15) is 0 Å². The molecule has 0 saturated carbocycles. The molecule has 38 heavy (non-hydrogen) atoms. The Morgan fingerprint density at radius 2 is 1.92 bits per heavy atom. The van der Waals surface area contributed by atoms with Crippen LogP contribution in [0.4, 0.5) is 0 Å². The van der Waals surface area contributed by atoms with Gasteiger partial charge in [0.25, 0.3) is 0 Å². The van der Waals surface area contributed by atoms with Crippen LogP contribution < -0.4 is 16.0 Å². The number of carbonyl (C=O) groups excluding carboxylic acids is 3. The second kappa shape index (κ2) is 14.3. The molecule has 9 heteroatoms. The first-order valence-electron chi connectivity index (χ1n) is 13.2. The Balaban J connectivity index is 1.72. The van der Waals surface area contributed by atoms with Crippen LogP contribution >= 0.6 is 11.6 Å². The molecule has 1 aliphatic rings. The lowest BCUT2D eigenvalue weighted by atomic mass is 9.84. The Hall–Kier alpha value is -2.94. The standard InChI is InChI=1S/C29H38ClN3O5/c1-2-3-12-25(28(37)32-24(19-34)16-21-13-14-31-27(21)36)33-26(35)18-29(38,22-9-5-4-6-10-22)17-20-8-7-11-23(30)15-20/h4-11,15,21,24-25,34,38H,2-3,12-14,16-19H2,1H3,(H,31,36)(H,32,37)(H,33,35)/t21-,24-,25-,29?/m0/s1. The summed E-state index contributed by atoms with van der Waals surface area (Å²) in [7, 11) is 0. The van der Waals surface area contributed by atoms with Crippen molar-refractivity contribution in [1.82, 2.24) is 16.0 Å². The van der Waals surface area contributed by atoms with E-state index in [4.69, 9.17) is 11.6 Å². The lowest BCUT2D eigenvalue weighted by Gasteiger charge is -2.30. The van der Waals surface area contributed by atoms with E-state index in [0.717, 1.165) is 12.0 Å². The summed E-state index contributed by atoms with van der Waals surface area (Å²) in [5, 5.41) is 30.5. The number of aliphatic hydroxyl groups excluding tert-OH is 1. The fraction of sp³-hybridized carbons (Fsp3) is 0.483. The van der Waals surface area contributed by atoms with Gasteiger partial charge in [-0.1, -0.05) is 73.8 Å². The highest BCUT2D eigenvalue weighted by Crippen LogP contribution is 2.30. The molecule has 8 nitrogen and oxygen atoms in total. The Morgan fingerprint density at radius 1 is 1.16 bits per heavy atom. The number of carbonyl (C=O) groups is 3. The minimum atomic E-state index is -1.52. The molecule has 0 aromatic heterocycles. The van der Waals surface area contributed by atoms with Crippen LogP contribution in [0.1, 0.15) is 56.6 Å². The number of hydrogen-bond acceptors (Lipinski definition) is 5. The van der Waals surface area contributed by atoms with Crippen LogP contribution in [-0.2, 0) is 26.4 Å². The van der Waals surface area contributed by atoms with Gasteiger partial charge in [-0.05, 0) is 42.5 Å². The molecule has 1 aliphatic heterocycles. The molecular formula is C29H38ClN3O5. The van der Waals surface area contributed by atoms with Crippen LogP contribution in [0.3, 0.4) is 0 Å². The van der Waals surface area contributed by atoms with Gasteiger partial charge in [0.05, 0.1) is 19.1 Å². The second-order valence-electron chi connectivity index (χ2n) is 10.0. The molecule has 1 heterocycles. The normalized spacial score (nSPS) is 18.2. The smallest absolute Gasteiger partial charge is 0.242 e. The van der Waals surface area contributed by atoms with Crippen molar-refractivity contribution in [1.29, 1.82) is 0 Å². The van der Waals surface area contributed by atoms with E-state index in [9.17, 15) is 24.6 Å². The summed E-state index contributed by atoms with van der Waals surface area (Å²) >= 11 is 6.15. The maximum Gasteiger partial charge on any atom is 0.242 e. The number of unbranched alkanes of at least 4 members (excludes halogenated alkanes) is 1. The summed E-state index contributed by atoms with van der Waals surface area (Å²) in [6.45, 7) is 2.27. The van der Waals surface area contributed by atoms with Crippen molar-refractivity contribution in [2.24, 2.45) is 5.92 Å². The average Bonchev–Trinajstić information content (AvgIpc) is 3.30. The van der Waals surface area contributed by atoms with Crippen LogP contribution in [-0.4, -0.2) is 53.2 Å². The van der Waals surface area contributed by atoms with E-state index in [1.165, 1.54) is 0 Å². The number of amides is 3. The molecule has 3 amide bonds. The lowest BCUT2D eigenvalue weighted by Crippen LogP contribution is -2.52. The molecule has 1 saturated heterocycles. The summed E-state index contributed by atoms with van der Waals surface area (Å²) in [5.74, 6) is -1.22. The largest absolute Gasteiger partial charge is 0.394 e. The van der Waals surface area contributed by atoms with E-state index < -0.39 is 29.5 Å². The van der Waals surface area contributed by atoms with Crippen molar-refractivity contribution in [2.75, 3.05) is 13.2 Å². The minimum Gasteiger partial charge on any atom is -0.394 e. The third-order valence-electron chi connectivity index (χ3n) is 6.95. The minimum absolute atomic E-state index is 0.0755. The van der Waals surface area contributed by atoms with Crippen molar-refractivity contribution < 1.29 is 24.6 Å². The highest BCUT2D eigenvalue weighted by molar-refractivity contribution is 6.30. The summed E-state index contributed by atoms with van der Waals surface area (Å²) in [6, 6.07) is 14.7. The molecule has 0 spiro atoms. The number of aliphatic hydroxyl groups is 2. The van der Waals surface area contributed by atoms with Crippen LogP contribution in [0.5, 0.6) is 0 Å². The Labute approximate surface area is 229 Å². The van der Waals surface area contributed by atoms with Gasteiger partial charge >= 0.3 is 0 Å². The van der Waals surface area contributed by atoms with Crippen molar-refractivity contribution in [3.8, 4) is 0 Å². The van der Waals surface area contributed by atoms with Gasteiger partial charge in [0.1, 0.15) is 11.6 Å². The van der Waals surface area contributed by atoms with Crippen LogP contribution in [0, 0.1) is 5.92 Å². The first kappa shape index (κ1) is 29.6. The third kappa shape index (κ3) is 8.55. The van der Waals surface area contributed by atoms with Gasteiger partial charge in [-0.15, -0.1) is 0 Å². The van der Waals surface area contributed by atoms with Crippen molar-refractivity contribution in [2.45, 2.75) is 69.6 Å². The molecule has 0 bridgehead atoms. The topological polar surface area (TPSA) is 128 Å². The summed E-state index contributed by atoms with van der Waals surface area (Å²) in [5.41, 5.74) is -0.163. The third-order valence-corrected chi connectivity index (χ3v) is 7.18. The summed E-state index contributed by atoms with van der Waals surface area (Å²) in [6.07, 6.45) is 2.83. The number of halogens is 1. The zero-order valence-corrected chi connectivity index (χ0v) is 22.5. The maximum atomic E-state index is 13.3. The average molecular weight is 544 g/mol. The predicted octanol–water partition coefficient (Wildman–Crippen LogP) is 2.84. The van der Waals surface area contributed by atoms with Gasteiger partial charge < -0.3 is 26.2 Å². The number of rotatable bonds is 14. The Morgan fingerprint density at radius 3 is 2.55 bits per heavy atom. The van der Waals surface area contributed by atoms with Crippen molar-refractivity contribution in [3.63, 3.8) is 0 Å². The summed E-state index contributed by atoms with van der Waals surface area (Å²) < 4.78 is 0. The lowest BCUT2D eigenvalue weighted by molar-refractivity contribution is -0.133. The van der Waals surface area contributed by atoms with E-state index in [1.54, 1.807) is 42.5 Å². The summed E-state index contributed by atoms with van der Waals surface area (Å²) in [4.78, 5) is 38.4. The van der Waals surface area contributed by atoms with E-state index in [2.05, 4.69) is 16.0 Å². The first-order chi connectivity index (χ1) is 18.2. The van der Waals surface area contributed by atoms with Crippen molar-refractivity contribution >= 4 is 29.3 Å². The van der Waals surface area contributed by atoms with Crippen molar-refractivity contribution in [3.05, 3.63) is 70.7 Å². The van der Waals surface area contributed by atoms with Crippen LogP contribution in [0.25, 0.3) is 0 Å². The molecular weight excluding hydrogens is 506 g/mol. The second-order valence-corrected chi connectivity index (χ2v) is 10.5. The Kier molecular flexibility index (Phi) is 11.1. The highest BCUT2D eigenvalue weighted by atomic mass is 35.5. The van der Waals surface area contributed by atoms with Gasteiger partial charge in [-0.3, -0.25) is 14.4 Å². The molecule has 0 radical (unpaired) electrons. The fourth-order valence-corrected chi connectivity index (χ4v) is 5.09. The van der Waals surface area contributed by atoms with E-state index in [-0.39, 0.29) is 31.3 Å². The zero-order chi connectivity index (χ0) is 27.5. The van der Waals surface area contributed by atoms with Crippen LogP contribution in [0.15, 0.2) is 54.6 Å². The van der Waals surface area contributed by atoms with E-state index in [1.807, 2.05) is 19.1 Å². The molecule has 1 unspecified atom stereocenters. The maximum absolute atomic E-state index is 13.3. The van der Waals surface area contributed by atoms with E-state index in [0.29, 0.717) is 42.8 Å². The molecule has 2 aromatic carbocycles. The van der Waals surface area contributed by atoms with E-state index >= 15 is 0 Å². The van der Waals surface area contributed by atoms with Gasteiger partial charge in [-0.25, -0.2) is 0 Å². The molecule has 2 aromatic rings. The first-order valence-corrected chi connectivity index (χ1v) is 13.6. The molecule has 4 atom stereocenters. The predicted molar refractivity (Wildman–Crippen MR) is 146 cm³/mol. The van der Waals surface area contributed by atoms with Gasteiger partial charge in [0, 0.05) is 23.9 Å². The molecule has 206 valence electrons. The molecule has 5 N–H and O–H groups in total. The highest BCUT2D eigenvalue weighted by Gasteiger charge is 2.34. The fourth-order valence-electron chi connectivity index (χ4n) is 4.88. The quantitative estimate of drug-likeness (QED) is 0.250. The SMILES string of the molecule is CCCC[C@H](NC(=O)CC(O)(Cc1cccc(Cl)c1)c1ccccc1)C(=O)N[C@H](CO)C[C@@H]1CCNC1=O. The molecule has 0 aliphatic carbocycles. The van der Waals surface area contributed by atoms with Gasteiger partial charge in [0.2, 0.25) is 17.7 Å². The van der Waals surface area contributed by atoms with Gasteiger partial charge in [0.15, 0.2) is 0 Å². The molecule has 3 rings (SSSR count). The van der Waals surface area contributed by atoms with Crippen LogP contribution in [0.2, 0.25) is 5.02 Å². The Bertz CT molecular complexity index is 1080. The number of nitrogens with one attached hydrogen (secondary N) is 3. The number of hydrogen-bond donors (Lipinski definition) is 5. The number of benzene rings is 2.